The quantitative estimate of drug-likeness (QED) is 0.250. The summed E-state index contributed by atoms with van der Waals surface area (Å²) in [6.45, 7) is 3.77. The summed E-state index contributed by atoms with van der Waals surface area (Å²) in [6, 6.07) is 7.13. The average Bonchev–Trinajstić information content (AvgIpc) is 3.26. The number of ketones is 1. The molecule has 0 bridgehead atoms. The number of ether oxygens (including phenoxy) is 1. The minimum absolute atomic E-state index is 0.00964. The predicted octanol–water partition coefficient (Wildman–Crippen LogP) is 0.911. The smallest absolute Gasteiger partial charge is 0.408 e. The van der Waals surface area contributed by atoms with Crippen molar-refractivity contribution in [3.8, 4) is 0 Å². The van der Waals surface area contributed by atoms with Crippen molar-refractivity contribution in [2.45, 2.75) is 51.5 Å². The summed E-state index contributed by atoms with van der Waals surface area (Å²) < 4.78 is 5.23. The third-order valence-electron chi connectivity index (χ3n) is 4.72. The van der Waals surface area contributed by atoms with E-state index in [1.807, 2.05) is 44.2 Å². The fraction of sp³-hybridized carbons (Fsp3) is 0.429. The largest absolute Gasteiger partial charge is 0.481 e. The molecule has 1 aromatic carbocycles. The number of hydrogen-bond donors (Lipinski definition) is 3. The van der Waals surface area contributed by atoms with Crippen LogP contribution >= 0.6 is 0 Å². The van der Waals surface area contributed by atoms with Gasteiger partial charge in [-0.1, -0.05) is 49.3 Å². The molecular weight excluding hydrogens is 434 g/mol. The average molecular weight is 459 g/mol. The monoisotopic (exact) mass is 459 g/mol. The Labute approximate surface area is 189 Å². The Morgan fingerprint density at radius 2 is 1.97 bits per heavy atom. The molecule has 3 N–H and O–H groups in total. The molecule has 1 heterocycles. The van der Waals surface area contributed by atoms with E-state index in [2.05, 4.69) is 20.6 Å². The number of Topliss-reactive ketones (excluding diaryl/α,β-unsaturated/α-hetero) is 1. The van der Waals surface area contributed by atoms with Gasteiger partial charge in [-0.3, -0.25) is 14.4 Å². The summed E-state index contributed by atoms with van der Waals surface area (Å²) in [4.78, 5) is 55.3. The number of carboxylic acid groups (broad SMARTS) is 1. The van der Waals surface area contributed by atoms with E-state index in [-0.39, 0.29) is 18.9 Å². The molecule has 1 aliphatic heterocycles. The highest BCUT2D eigenvalue weighted by Gasteiger charge is 2.36. The lowest BCUT2D eigenvalue weighted by atomic mass is 9.95. The first-order valence-electron chi connectivity index (χ1n) is 10.1. The first kappa shape index (κ1) is 25.2. The van der Waals surface area contributed by atoms with Gasteiger partial charge in [0.15, 0.2) is 0 Å². The molecule has 1 aromatic rings. The zero-order chi connectivity index (χ0) is 24.4. The van der Waals surface area contributed by atoms with Crippen molar-refractivity contribution in [3.05, 3.63) is 41.4 Å². The molecule has 3 atom stereocenters. The van der Waals surface area contributed by atoms with E-state index in [9.17, 15) is 19.2 Å². The van der Waals surface area contributed by atoms with Gasteiger partial charge in [0, 0.05) is 6.42 Å². The summed E-state index contributed by atoms with van der Waals surface area (Å²) in [5, 5.41) is 17.8. The van der Waals surface area contributed by atoms with Crippen LogP contribution in [-0.4, -0.2) is 63.8 Å². The zero-order valence-electron chi connectivity index (χ0n) is 18.1. The molecule has 176 valence electrons. The predicted molar refractivity (Wildman–Crippen MR) is 114 cm³/mol. The molecule has 2 rings (SSSR count). The summed E-state index contributed by atoms with van der Waals surface area (Å²) >= 11 is 0. The summed E-state index contributed by atoms with van der Waals surface area (Å²) in [6.07, 6.45) is -1.98. The highest BCUT2D eigenvalue weighted by atomic mass is 16.6. The van der Waals surface area contributed by atoms with Gasteiger partial charge in [0.2, 0.25) is 6.10 Å². The first-order valence-corrected chi connectivity index (χ1v) is 10.1. The Morgan fingerprint density at radius 3 is 2.58 bits per heavy atom. The van der Waals surface area contributed by atoms with Gasteiger partial charge in [-0.2, -0.15) is 4.79 Å². The molecule has 1 aliphatic rings. The topological polar surface area (TPSA) is 180 Å². The second kappa shape index (κ2) is 12.1. The zero-order valence-corrected chi connectivity index (χ0v) is 18.1. The Kier molecular flexibility index (Phi) is 9.25. The van der Waals surface area contributed by atoms with Gasteiger partial charge in [-0.25, -0.2) is 4.79 Å². The van der Waals surface area contributed by atoms with E-state index >= 15 is 0 Å². The number of carboxylic acids is 1. The van der Waals surface area contributed by atoms with Crippen LogP contribution in [0.3, 0.4) is 0 Å². The molecule has 33 heavy (non-hydrogen) atoms. The van der Waals surface area contributed by atoms with Crippen LogP contribution < -0.4 is 10.6 Å². The van der Waals surface area contributed by atoms with E-state index in [1.54, 1.807) is 0 Å². The van der Waals surface area contributed by atoms with E-state index < -0.39 is 48.4 Å². The number of carbonyl (C=O) groups is 4. The Morgan fingerprint density at radius 1 is 1.27 bits per heavy atom. The lowest BCUT2D eigenvalue weighted by Crippen LogP contribution is -2.48. The van der Waals surface area contributed by atoms with Crippen LogP contribution in [-0.2, 0) is 30.6 Å². The standard InChI is InChI=1S/C21H25N5O7/c1-12(2)19(25-21(31)32-11-13-6-4-3-5-7-13)15-8-17(33-26-15)20(30)24-14(9-18(28)29)16(27)10-23-22/h3-7,10,12,14,17,19H,8-9,11H2,1-2H3,(H,24,30)(H,25,31)(H,28,29)/t14-,17?,19?/m0/s1. The lowest BCUT2D eigenvalue weighted by Gasteiger charge is -2.21. The number of oxime groups is 1. The third kappa shape index (κ3) is 7.86. The van der Waals surface area contributed by atoms with E-state index in [0.29, 0.717) is 11.9 Å². The second-order valence-corrected chi connectivity index (χ2v) is 7.61. The molecule has 0 aliphatic carbocycles. The van der Waals surface area contributed by atoms with Crippen LogP contribution in [0.4, 0.5) is 4.79 Å². The molecular formula is C21H25N5O7. The van der Waals surface area contributed by atoms with Crippen LogP contribution in [0.25, 0.3) is 5.53 Å². The van der Waals surface area contributed by atoms with E-state index in [4.69, 9.17) is 20.2 Å². The molecule has 0 spiro atoms. The minimum atomic E-state index is -1.44. The fourth-order valence-electron chi connectivity index (χ4n) is 3.06. The number of benzene rings is 1. The number of nitrogens with one attached hydrogen (secondary N) is 2. The van der Waals surface area contributed by atoms with Crippen LogP contribution in [0.2, 0.25) is 0 Å². The van der Waals surface area contributed by atoms with Crippen LogP contribution in [0.15, 0.2) is 35.5 Å². The summed E-state index contributed by atoms with van der Waals surface area (Å²) in [5.41, 5.74) is 9.70. The van der Waals surface area contributed by atoms with Crippen molar-refractivity contribution < 1.29 is 38.6 Å². The highest BCUT2D eigenvalue weighted by molar-refractivity contribution is 6.28. The molecule has 0 saturated heterocycles. The molecule has 0 radical (unpaired) electrons. The number of alkyl carbamates (subject to hydrolysis) is 1. The third-order valence-corrected chi connectivity index (χ3v) is 4.72. The summed E-state index contributed by atoms with van der Waals surface area (Å²) in [7, 11) is 0. The van der Waals surface area contributed by atoms with Gasteiger partial charge < -0.3 is 30.8 Å². The number of rotatable bonds is 11. The Balaban J connectivity index is 1.95. The molecule has 0 saturated carbocycles. The normalized spacial score (nSPS) is 16.5. The molecule has 12 nitrogen and oxygen atoms in total. The molecule has 12 heteroatoms. The van der Waals surface area contributed by atoms with Crippen molar-refractivity contribution in [1.29, 1.82) is 0 Å². The van der Waals surface area contributed by atoms with Crippen molar-refractivity contribution in [2.75, 3.05) is 0 Å². The van der Waals surface area contributed by atoms with Gasteiger partial charge in [-0.15, -0.1) is 0 Å². The second-order valence-electron chi connectivity index (χ2n) is 7.61. The van der Waals surface area contributed by atoms with E-state index in [0.717, 1.165) is 5.56 Å². The molecule has 0 aromatic heterocycles. The fourth-order valence-corrected chi connectivity index (χ4v) is 3.06. The van der Waals surface area contributed by atoms with Crippen molar-refractivity contribution in [3.63, 3.8) is 0 Å². The number of amides is 2. The van der Waals surface area contributed by atoms with E-state index in [1.165, 1.54) is 0 Å². The first-order chi connectivity index (χ1) is 15.7. The molecule has 2 amide bonds. The van der Waals surface area contributed by atoms with Gasteiger partial charge in [-0.05, 0) is 11.5 Å². The van der Waals surface area contributed by atoms with Crippen molar-refractivity contribution in [2.24, 2.45) is 11.1 Å². The maximum Gasteiger partial charge on any atom is 0.408 e. The van der Waals surface area contributed by atoms with Gasteiger partial charge in [0.1, 0.15) is 12.6 Å². The Bertz CT molecular complexity index is 957. The number of carbonyl (C=O) groups excluding carboxylic acids is 3. The maximum absolute atomic E-state index is 12.5. The van der Waals surface area contributed by atoms with Crippen LogP contribution in [0, 0.1) is 5.92 Å². The number of hydrogen-bond acceptors (Lipinski definition) is 7. The maximum atomic E-state index is 12.5. The summed E-state index contributed by atoms with van der Waals surface area (Å²) in [5.74, 6) is -3.10. The molecule has 2 unspecified atom stereocenters. The van der Waals surface area contributed by atoms with Gasteiger partial charge in [0.25, 0.3) is 11.7 Å². The molecule has 0 fully saturated rings. The van der Waals surface area contributed by atoms with Gasteiger partial charge in [0.05, 0.1) is 18.2 Å². The lowest BCUT2D eigenvalue weighted by molar-refractivity contribution is -0.140. The van der Waals surface area contributed by atoms with Crippen LogP contribution in [0.5, 0.6) is 0 Å². The van der Waals surface area contributed by atoms with Crippen molar-refractivity contribution in [1.82, 2.24) is 10.6 Å². The number of aliphatic carboxylic acids is 1. The van der Waals surface area contributed by atoms with Crippen LogP contribution in [0.1, 0.15) is 32.3 Å². The number of nitrogens with zero attached hydrogens (tertiary/aromatic N) is 3. The Hall–Kier alpha value is -4.05. The SMILES string of the molecule is CC(C)C(NC(=O)OCc1ccccc1)C1=NOC(C(=O)N[C@@H](CC(=O)O)C(=O)C=[N+]=[N-])C1. The van der Waals surface area contributed by atoms with Crippen molar-refractivity contribution >= 4 is 35.7 Å². The van der Waals surface area contributed by atoms with Gasteiger partial charge >= 0.3 is 18.3 Å². The highest BCUT2D eigenvalue weighted by Crippen LogP contribution is 2.18. The minimum Gasteiger partial charge on any atom is -0.481 e.